The van der Waals surface area contributed by atoms with Crippen molar-refractivity contribution >= 4 is 16.9 Å². The van der Waals surface area contributed by atoms with Gasteiger partial charge >= 0.3 is 11.1 Å². The fourth-order valence-corrected chi connectivity index (χ4v) is 2.14. The van der Waals surface area contributed by atoms with Crippen LogP contribution in [0.15, 0.2) is 27.8 Å². The predicted octanol–water partition coefficient (Wildman–Crippen LogP) is 1.24. The number of rotatable bonds is 4. The maximum absolute atomic E-state index is 12.1. The first-order chi connectivity index (χ1) is 9.97. The number of hydrogen-bond acceptors (Lipinski definition) is 3. The van der Waals surface area contributed by atoms with Crippen molar-refractivity contribution in [2.45, 2.75) is 39.8 Å². The standard InChI is InChI=1S/C15H19N3O3/c1-4-9(3)16-13(19)10-6-7-12-11(8-10)17-14(20)15(21)18(12)5-2/h6-9H,4-5H2,1-3H3,(H,16,19)(H,17,20). The number of hydrogen-bond donors (Lipinski definition) is 2. The third-order valence-electron chi connectivity index (χ3n) is 3.54. The van der Waals surface area contributed by atoms with E-state index in [1.54, 1.807) is 25.1 Å². The summed E-state index contributed by atoms with van der Waals surface area (Å²) >= 11 is 0. The number of aryl methyl sites for hydroxylation is 1. The molecule has 6 nitrogen and oxygen atoms in total. The van der Waals surface area contributed by atoms with Gasteiger partial charge in [0.05, 0.1) is 11.0 Å². The number of benzene rings is 1. The summed E-state index contributed by atoms with van der Waals surface area (Å²) < 4.78 is 1.39. The lowest BCUT2D eigenvalue weighted by molar-refractivity contribution is 0.0939. The van der Waals surface area contributed by atoms with Crippen LogP contribution >= 0.6 is 0 Å². The number of nitrogens with one attached hydrogen (secondary N) is 2. The second kappa shape index (κ2) is 5.95. The van der Waals surface area contributed by atoms with Gasteiger partial charge in [-0.1, -0.05) is 6.92 Å². The van der Waals surface area contributed by atoms with Crippen molar-refractivity contribution in [3.63, 3.8) is 0 Å². The predicted molar refractivity (Wildman–Crippen MR) is 81.7 cm³/mol. The Hall–Kier alpha value is -2.37. The number of aromatic amines is 1. The number of amides is 1. The van der Waals surface area contributed by atoms with Crippen molar-refractivity contribution in [2.75, 3.05) is 0 Å². The topological polar surface area (TPSA) is 84.0 Å². The van der Waals surface area contributed by atoms with Crippen molar-refractivity contribution in [2.24, 2.45) is 0 Å². The Kier molecular flexibility index (Phi) is 4.26. The molecule has 0 saturated carbocycles. The molecule has 1 heterocycles. The highest BCUT2D eigenvalue weighted by Gasteiger charge is 2.11. The maximum atomic E-state index is 12.1. The molecule has 1 atom stereocenters. The van der Waals surface area contributed by atoms with Gasteiger partial charge in [-0.25, -0.2) is 0 Å². The molecule has 21 heavy (non-hydrogen) atoms. The van der Waals surface area contributed by atoms with E-state index in [2.05, 4.69) is 10.3 Å². The van der Waals surface area contributed by atoms with Crippen LogP contribution in [-0.4, -0.2) is 21.5 Å². The highest BCUT2D eigenvalue weighted by atomic mass is 16.2. The monoisotopic (exact) mass is 289 g/mol. The molecule has 2 N–H and O–H groups in total. The van der Waals surface area contributed by atoms with Gasteiger partial charge in [0, 0.05) is 18.2 Å². The zero-order valence-electron chi connectivity index (χ0n) is 12.4. The molecule has 2 aromatic rings. The molecule has 1 aromatic carbocycles. The molecular weight excluding hydrogens is 270 g/mol. The Morgan fingerprint density at radius 3 is 2.67 bits per heavy atom. The van der Waals surface area contributed by atoms with E-state index in [4.69, 9.17) is 0 Å². The van der Waals surface area contributed by atoms with Crippen molar-refractivity contribution in [3.8, 4) is 0 Å². The van der Waals surface area contributed by atoms with E-state index in [0.717, 1.165) is 6.42 Å². The second-order valence-electron chi connectivity index (χ2n) is 5.02. The summed E-state index contributed by atoms with van der Waals surface area (Å²) in [5.74, 6) is -0.193. The minimum absolute atomic E-state index is 0.0804. The summed E-state index contributed by atoms with van der Waals surface area (Å²) in [4.78, 5) is 38.0. The van der Waals surface area contributed by atoms with Crippen LogP contribution in [0.5, 0.6) is 0 Å². The average Bonchev–Trinajstić information content (AvgIpc) is 2.48. The Morgan fingerprint density at radius 2 is 2.05 bits per heavy atom. The van der Waals surface area contributed by atoms with Crippen LogP contribution in [0.1, 0.15) is 37.6 Å². The molecule has 0 saturated heterocycles. The molecule has 1 unspecified atom stereocenters. The van der Waals surface area contributed by atoms with Crippen LogP contribution in [0.25, 0.3) is 11.0 Å². The van der Waals surface area contributed by atoms with E-state index in [1.165, 1.54) is 4.57 Å². The summed E-state index contributed by atoms with van der Waals surface area (Å²) in [5, 5.41) is 2.87. The fourth-order valence-electron chi connectivity index (χ4n) is 2.14. The summed E-state index contributed by atoms with van der Waals surface area (Å²) in [5.41, 5.74) is 0.297. The highest BCUT2D eigenvalue weighted by molar-refractivity contribution is 5.97. The Balaban J connectivity index is 2.52. The molecular formula is C15H19N3O3. The summed E-state index contributed by atoms with van der Waals surface area (Å²) in [6, 6.07) is 5.02. The number of carbonyl (C=O) groups excluding carboxylic acids is 1. The third kappa shape index (κ3) is 2.89. The Bertz CT molecular complexity index is 789. The number of nitrogens with zero attached hydrogens (tertiary/aromatic N) is 1. The Labute approximate surface area is 121 Å². The molecule has 0 aliphatic carbocycles. The van der Waals surface area contributed by atoms with Crippen molar-refractivity contribution in [1.82, 2.24) is 14.9 Å². The van der Waals surface area contributed by atoms with Gasteiger partial charge < -0.3 is 14.9 Å². The van der Waals surface area contributed by atoms with E-state index in [9.17, 15) is 14.4 Å². The van der Waals surface area contributed by atoms with Gasteiger partial charge in [0.2, 0.25) is 0 Å². The minimum atomic E-state index is -0.677. The molecule has 0 radical (unpaired) electrons. The molecule has 0 fully saturated rings. The molecule has 2 rings (SSSR count). The molecule has 112 valence electrons. The van der Waals surface area contributed by atoms with Gasteiger partial charge in [-0.2, -0.15) is 0 Å². The average molecular weight is 289 g/mol. The van der Waals surface area contributed by atoms with E-state index in [1.807, 2.05) is 13.8 Å². The van der Waals surface area contributed by atoms with Crippen LogP contribution in [0.3, 0.4) is 0 Å². The van der Waals surface area contributed by atoms with Gasteiger partial charge in [-0.3, -0.25) is 14.4 Å². The highest BCUT2D eigenvalue weighted by Crippen LogP contribution is 2.12. The molecule has 6 heteroatoms. The smallest absolute Gasteiger partial charge is 0.316 e. The van der Waals surface area contributed by atoms with Crippen LogP contribution < -0.4 is 16.4 Å². The summed E-state index contributed by atoms with van der Waals surface area (Å²) in [6.45, 7) is 6.11. The van der Waals surface area contributed by atoms with Crippen molar-refractivity contribution in [3.05, 3.63) is 44.5 Å². The van der Waals surface area contributed by atoms with Crippen LogP contribution in [0.2, 0.25) is 0 Å². The first-order valence-corrected chi connectivity index (χ1v) is 7.05. The van der Waals surface area contributed by atoms with Gasteiger partial charge in [0.15, 0.2) is 0 Å². The zero-order chi connectivity index (χ0) is 15.6. The third-order valence-corrected chi connectivity index (χ3v) is 3.54. The first-order valence-electron chi connectivity index (χ1n) is 7.05. The number of fused-ring (bicyclic) bond motifs is 1. The summed E-state index contributed by atoms with van der Waals surface area (Å²) in [6.07, 6.45) is 0.839. The SMILES string of the molecule is CCC(C)NC(=O)c1ccc2c(c1)[nH]c(=O)c(=O)n2CC. The van der Waals surface area contributed by atoms with E-state index < -0.39 is 11.1 Å². The van der Waals surface area contributed by atoms with E-state index in [-0.39, 0.29) is 11.9 Å². The first kappa shape index (κ1) is 15.0. The minimum Gasteiger partial charge on any atom is -0.350 e. The van der Waals surface area contributed by atoms with Crippen LogP contribution in [0.4, 0.5) is 0 Å². The molecule has 0 spiro atoms. The van der Waals surface area contributed by atoms with Gasteiger partial charge in [0.25, 0.3) is 5.91 Å². The Morgan fingerprint density at radius 1 is 1.33 bits per heavy atom. The maximum Gasteiger partial charge on any atom is 0.316 e. The molecule has 0 aliphatic rings. The number of aromatic nitrogens is 2. The molecule has 0 aliphatic heterocycles. The van der Waals surface area contributed by atoms with Crippen LogP contribution in [0, 0.1) is 0 Å². The van der Waals surface area contributed by atoms with Gasteiger partial charge in [0.1, 0.15) is 0 Å². The van der Waals surface area contributed by atoms with E-state index in [0.29, 0.717) is 23.1 Å². The molecule has 1 amide bonds. The lowest BCUT2D eigenvalue weighted by atomic mass is 10.1. The zero-order valence-corrected chi connectivity index (χ0v) is 12.4. The quantitative estimate of drug-likeness (QED) is 0.830. The van der Waals surface area contributed by atoms with Gasteiger partial charge in [-0.15, -0.1) is 0 Å². The van der Waals surface area contributed by atoms with Crippen molar-refractivity contribution in [1.29, 1.82) is 0 Å². The normalized spacial score (nSPS) is 12.3. The number of H-pyrrole nitrogens is 1. The van der Waals surface area contributed by atoms with Gasteiger partial charge in [-0.05, 0) is 38.5 Å². The van der Waals surface area contributed by atoms with Crippen LogP contribution in [-0.2, 0) is 6.54 Å². The fraction of sp³-hybridized carbons (Fsp3) is 0.400. The van der Waals surface area contributed by atoms with Crippen molar-refractivity contribution < 1.29 is 4.79 Å². The second-order valence-corrected chi connectivity index (χ2v) is 5.02. The summed E-state index contributed by atoms with van der Waals surface area (Å²) in [7, 11) is 0. The number of carbonyl (C=O) groups is 1. The van der Waals surface area contributed by atoms with E-state index >= 15 is 0 Å². The molecule has 0 bridgehead atoms. The lowest BCUT2D eigenvalue weighted by Gasteiger charge is -2.12. The lowest BCUT2D eigenvalue weighted by Crippen LogP contribution is -2.36. The molecule has 1 aromatic heterocycles. The largest absolute Gasteiger partial charge is 0.350 e.